The summed E-state index contributed by atoms with van der Waals surface area (Å²) in [5.74, 6) is -0.405. The number of carbonyl (C=O) groups excluding carboxylic acids is 1. The fourth-order valence-electron chi connectivity index (χ4n) is 1.05. The van der Waals surface area contributed by atoms with Crippen molar-refractivity contribution in [3.63, 3.8) is 0 Å². The van der Waals surface area contributed by atoms with Crippen molar-refractivity contribution in [3.8, 4) is 0 Å². The highest BCUT2D eigenvalue weighted by Gasteiger charge is 2.26. The Morgan fingerprint density at radius 1 is 1.77 bits per heavy atom. The quantitative estimate of drug-likeness (QED) is 0.743. The van der Waals surface area contributed by atoms with Crippen LogP contribution in [0.5, 0.6) is 0 Å². The molecular weight excluding hydrogens is 186 g/mol. The lowest BCUT2D eigenvalue weighted by Gasteiger charge is -2.19. The first-order valence-corrected chi connectivity index (χ1v) is 4.79. The molecule has 1 heterocycles. The van der Waals surface area contributed by atoms with E-state index in [1.807, 2.05) is 12.3 Å². The molecule has 0 saturated carbocycles. The second-order valence-corrected chi connectivity index (χ2v) is 4.21. The van der Waals surface area contributed by atoms with Gasteiger partial charge in [0.1, 0.15) is 5.01 Å². The molecule has 1 unspecified atom stereocenters. The van der Waals surface area contributed by atoms with Crippen molar-refractivity contribution >= 4 is 17.2 Å². The van der Waals surface area contributed by atoms with Crippen LogP contribution in [0.3, 0.4) is 0 Å². The van der Waals surface area contributed by atoms with Crippen LogP contribution < -0.4 is 11.5 Å². The molecule has 0 aliphatic rings. The van der Waals surface area contributed by atoms with Gasteiger partial charge in [-0.1, -0.05) is 0 Å². The maximum Gasteiger partial charge on any atom is 0.219 e. The summed E-state index contributed by atoms with van der Waals surface area (Å²) in [5.41, 5.74) is 11.2. The molecule has 0 aliphatic carbocycles. The molecule has 0 aromatic carbocycles. The minimum atomic E-state index is -0.731. The normalized spacial score (nSPS) is 15.3. The lowest BCUT2D eigenvalue weighted by atomic mass is 10.0. The molecule has 4 nitrogen and oxygen atoms in total. The number of thiazole rings is 1. The zero-order valence-electron chi connectivity index (χ0n) is 7.70. The van der Waals surface area contributed by atoms with E-state index in [0.29, 0.717) is 0 Å². The summed E-state index contributed by atoms with van der Waals surface area (Å²) in [6, 6.07) is 0. The molecule has 4 N–H and O–H groups in total. The molecule has 1 atom stereocenters. The van der Waals surface area contributed by atoms with Gasteiger partial charge in [0.15, 0.2) is 0 Å². The van der Waals surface area contributed by atoms with E-state index in [0.717, 1.165) is 10.7 Å². The molecule has 5 heteroatoms. The Morgan fingerprint density at radius 2 is 2.38 bits per heavy atom. The van der Waals surface area contributed by atoms with Gasteiger partial charge < -0.3 is 11.5 Å². The number of nitrogens with zero attached hydrogens (tertiary/aromatic N) is 1. The van der Waals surface area contributed by atoms with Crippen LogP contribution in [0.15, 0.2) is 5.38 Å². The van der Waals surface area contributed by atoms with Gasteiger partial charge in [-0.15, -0.1) is 11.3 Å². The average molecular weight is 199 g/mol. The number of carbonyl (C=O) groups is 1. The number of nitrogens with two attached hydrogens (primary N) is 2. The lowest BCUT2D eigenvalue weighted by molar-refractivity contribution is -0.119. The highest BCUT2D eigenvalue weighted by atomic mass is 32.1. The first kappa shape index (κ1) is 10.1. The Hall–Kier alpha value is -0.940. The van der Waals surface area contributed by atoms with Gasteiger partial charge in [-0.3, -0.25) is 4.79 Å². The van der Waals surface area contributed by atoms with Gasteiger partial charge in [0.05, 0.1) is 12.0 Å². The van der Waals surface area contributed by atoms with Gasteiger partial charge in [-0.25, -0.2) is 4.98 Å². The second kappa shape index (κ2) is 3.43. The molecule has 0 bridgehead atoms. The van der Waals surface area contributed by atoms with Crippen LogP contribution in [-0.2, 0) is 10.3 Å². The maximum absolute atomic E-state index is 10.7. The molecule has 1 rings (SSSR count). The van der Waals surface area contributed by atoms with Crippen molar-refractivity contribution < 1.29 is 4.79 Å². The van der Waals surface area contributed by atoms with E-state index in [1.165, 1.54) is 11.3 Å². The topological polar surface area (TPSA) is 82.0 Å². The molecule has 0 saturated heterocycles. The maximum atomic E-state index is 10.7. The zero-order chi connectivity index (χ0) is 10.1. The monoisotopic (exact) mass is 199 g/mol. The van der Waals surface area contributed by atoms with E-state index in [9.17, 15) is 4.79 Å². The van der Waals surface area contributed by atoms with Crippen molar-refractivity contribution in [2.75, 3.05) is 0 Å². The largest absolute Gasteiger partial charge is 0.370 e. The Bertz CT molecular complexity index is 319. The summed E-state index contributed by atoms with van der Waals surface area (Å²) in [6.07, 6.45) is 0.125. The summed E-state index contributed by atoms with van der Waals surface area (Å²) in [6.45, 7) is 3.65. The van der Waals surface area contributed by atoms with Crippen molar-refractivity contribution in [2.24, 2.45) is 11.5 Å². The number of hydrogen-bond acceptors (Lipinski definition) is 4. The smallest absolute Gasteiger partial charge is 0.219 e. The fourth-order valence-corrected chi connectivity index (χ4v) is 1.93. The Balaban J connectivity index is 2.86. The number of hydrogen-bond donors (Lipinski definition) is 2. The van der Waals surface area contributed by atoms with Gasteiger partial charge in [-0.05, 0) is 13.8 Å². The highest BCUT2D eigenvalue weighted by Crippen LogP contribution is 2.24. The van der Waals surface area contributed by atoms with Gasteiger partial charge in [0.25, 0.3) is 0 Å². The summed E-state index contributed by atoms with van der Waals surface area (Å²) in [7, 11) is 0. The third-order valence-corrected chi connectivity index (χ3v) is 2.89. The van der Waals surface area contributed by atoms with Gasteiger partial charge in [0, 0.05) is 11.1 Å². The van der Waals surface area contributed by atoms with Gasteiger partial charge in [0.2, 0.25) is 5.91 Å². The van der Waals surface area contributed by atoms with Crippen LogP contribution in [0, 0.1) is 6.92 Å². The molecule has 1 amide bonds. The van der Waals surface area contributed by atoms with Crippen LogP contribution in [-0.4, -0.2) is 10.9 Å². The van der Waals surface area contributed by atoms with Crippen molar-refractivity contribution in [3.05, 3.63) is 16.1 Å². The van der Waals surface area contributed by atoms with Gasteiger partial charge >= 0.3 is 0 Å². The number of amides is 1. The van der Waals surface area contributed by atoms with Gasteiger partial charge in [-0.2, -0.15) is 0 Å². The van der Waals surface area contributed by atoms with E-state index in [-0.39, 0.29) is 6.42 Å². The SMILES string of the molecule is Cc1csc(C(C)(N)CC(N)=O)n1. The molecule has 0 radical (unpaired) electrons. The van der Waals surface area contributed by atoms with E-state index >= 15 is 0 Å². The highest BCUT2D eigenvalue weighted by molar-refractivity contribution is 7.09. The number of aryl methyl sites for hydroxylation is 1. The van der Waals surface area contributed by atoms with E-state index in [1.54, 1.807) is 6.92 Å². The lowest BCUT2D eigenvalue weighted by Crippen LogP contribution is -2.37. The van der Waals surface area contributed by atoms with Crippen LogP contribution in [0.1, 0.15) is 24.0 Å². The summed E-state index contributed by atoms with van der Waals surface area (Å²) < 4.78 is 0. The minimum absolute atomic E-state index is 0.125. The van der Waals surface area contributed by atoms with Crippen molar-refractivity contribution in [1.29, 1.82) is 0 Å². The third-order valence-electron chi connectivity index (χ3n) is 1.65. The zero-order valence-corrected chi connectivity index (χ0v) is 8.52. The van der Waals surface area contributed by atoms with Crippen LogP contribution >= 0.6 is 11.3 Å². The molecule has 72 valence electrons. The van der Waals surface area contributed by atoms with E-state index in [2.05, 4.69) is 4.98 Å². The van der Waals surface area contributed by atoms with Crippen LogP contribution in [0.2, 0.25) is 0 Å². The standard InChI is InChI=1S/C8H13N3OS/c1-5-4-13-7(11-5)8(2,10)3-6(9)12/h4H,3,10H2,1-2H3,(H2,9,12). The predicted molar refractivity (Wildman–Crippen MR) is 52.2 cm³/mol. The first-order chi connectivity index (χ1) is 5.92. The fraction of sp³-hybridized carbons (Fsp3) is 0.500. The van der Waals surface area contributed by atoms with Crippen molar-refractivity contribution in [1.82, 2.24) is 4.98 Å². The van der Waals surface area contributed by atoms with Crippen molar-refractivity contribution in [2.45, 2.75) is 25.8 Å². The van der Waals surface area contributed by atoms with Crippen LogP contribution in [0.4, 0.5) is 0 Å². The molecule has 0 fully saturated rings. The summed E-state index contributed by atoms with van der Waals surface area (Å²) >= 11 is 1.45. The first-order valence-electron chi connectivity index (χ1n) is 3.91. The number of aromatic nitrogens is 1. The summed E-state index contributed by atoms with van der Waals surface area (Å²) in [5, 5.41) is 2.66. The van der Waals surface area contributed by atoms with E-state index < -0.39 is 11.4 Å². The minimum Gasteiger partial charge on any atom is -0.370 e. The molecule has 0 aliphatic heterocycles. The van der Waals surface area contributed by atoms with Crippen LogP contribution in [0.25, 0.3) is 0 Å². The Kier molecular flexibility index (Phi) is 2.68. The molecule has 1 aromatic rings. The number of primary amides is 1. The molecule has 1 aromatic heterocycles. The molecule has 13 heavy (non-hydrogen) atoms. The third kappa shape index (κ3) is 2.50. The number of rotatable bonds is 3. The Labute approximate surface area is 81.0 Å². The second-order valence-electron chi connectivity index (χ2n) is 3.35. The molecular formula is C8H13N3OS. The average Bonchev–Trinajstić information content (AvgIpc) is 2.32. The predicted octanol–water partition coefficient (Wildman–Crippen LogP) is 0.501. The molecule has 0 spiro atoms. The van der Waals surface area contributed by atoms with E-state index in [4.69, 9.17) is 11.5 Å². The Morgan fingerprint density at radius 3 is 2.77 bits per heavy atom. The summed E-state index contributed by atoms with van der Waals surface area (Å²) in [4.78, 5) is 14.9.